The minimum Gasteiger partial charge on any atom is -0.381 e. The van der Waals surface area contributed by atoms with E-state index in [1.165, 1.54) is 51.6 Å². The number of nitrogens with one attached hydrogen (secondary N) is 2. The molecule has 1 saturated heterocycles. The lowest BCUT2D eigenvalue weighted by Gasteiger charge is -2.21. The molecule has 0 aromatic carbocycles. The van der Waals surface area contributed by atoms with Crippen LogP contribution in [0.15, 0.2) is 0 Å². The summed E-state index contributed by atoms with van der Waals surface area (Å²) in [6.07, 6.45) is 8.18. The van der Waals surface area contributed by atoms with E-state index in [0.29, 0.717) is 12.1 Å². The van der Waals surface area contributed by atoms with Crippen LogP contribution in [0.1, 0.15) is 38.5 Å². The summed E-state index contributed by atoms with van der Waals surface area (Å²) in [5, 5.41) is 7.26. The van der Waals surface area contributed by atoms with Gasteiger partial charge >= 0.3 is 0 Å². The Hall–Kier alpha value is -0.120. The topological polar surface area (TPSA) is 33.3 Å². The standard InChI is InChI=1S/C12H24N2O/c1-15-12-5-4-11(9-12)14-10-3-2-7-13-8-6-10/h10-14H,2-9H2,1H3. The van der Waals surface area contributed by atoms with Crippen molar-refractivity contribution in [3.05, 3.63) is 0 Å². The average molecular weight is 212 g/mol. The average Bonchev–Trinajstić information content (AvgIpc) is 2.54. The zero-order valence-corrected chi connectivity index (χ0v) is 9.80. The van der Waals surface area contributed by atoms with Crippen molar-refractivity contribution in [1.82, 2.24) is 10.6 Å². The molecule has 2 fully saturated rings. The summed E-state index contributed by atoms with van der Waals surface area (Å²) in [5.74, 6) is 0. The Morgan fingerprint density at radius 2 is 2.00 bits per heavy atom. The molecule has 0 radical (unpaired) electrons. The van der Waals surface area contributed by atoms with Gasteiger partial charge in [0, 0.05) is 19.2 Å². The van der Waals surface area contributed by atoms with Crippen LogP contribution in [0.2, 0.25) is 0 Å². The third-order valence-electron chi connectivity index (χ3n) is 3.76. The number of hydrogen-bond acceptors (Lipinski definition) is 3. The van der Waals surface area contributed by atoms with Crippen LogP contribution < -0.4 is 10.6 Å². The first-order valence-corrected chi connectivity index (χ1v) is 6.38. The molecular formula is C12H24N2O. The van der Waals surface area contributed by atoms with E-state index in [1.54, 1.807) is 0 Å². The first-order chi connectivity index (χ1) is 7.38. The molecule has 2 rings (SSSR count). The van der Waals surface area contributed by atoms with Gasteiger partial charge in [0.15, 0.2) is 0 Å². The monoisotopic (exact) mass is 212 g/mol. The van der Waals surface area contributed by atoms with Gasteiger partial charge in [-0.15, -0.1) is 0 Å². The molecule has 1 saturated carbocycles. The van der Waals surface area contributed by atoms with Gasteiger partial charge in [0.2, 0.25) is 0 Å². The fourth-order valence-corrected chi connectivity index (χ4v) is 2.82. The second-order valence-corrected chi connectivity index (χ2v) is 4.91. The van der Waals surface area contributed by atoms with Crippen molar-refractivity contribution in [2.45, 2.75) is 56.7 Å². The molecule has 3 atom stereocenters. The Morgan fingerprint density at radius 1 is 1.07 bits per heavy atom. The van der Waals surface area contributed by atoms with Crippen LogP contribution in [0, 0.1) is 0 Å². The van der Waals surface area contributed by atoms with Crippen molar-refractivity contribution >= 4 is 0 Å². The van der Waals surface area contributed by atoms with Gasteiger partial charge in [-0.1, -0.05) is 0 Å². The summed E-state index contributed by atoms with van der Waals surface area (Å²) < 4.78 is 5.40. The molecule has 1 heterocycles. The van der Waals surface area contributed by atoms with Gasteiger partial charge in [0.05, 0.1) is 6.10 Å². The molecule has 3 unspecified atom stereocenters. The highest BCUT2D eigenvalue weighted by Gasteiger charge is 2.26. The van der Waals surface area contributed by atoms with Crippen molar-refractivity contribution in [2.24, 2.45) is 0 Å². The second-order valence-electron chi connectivity index (χ2n) is 4.91. The summed E-state index contributed by atoms with van der Waals surface area (Å²) in [6, 6.07) is 1.44. The highest BCUT2D eigenvalue weighted by Crippen LogP contribution is 2.22. The van der Waals surface area contributed by atoms with Gasteiger partial charge in [0.25, 0.3) is 0 Å². The van der Waals surface area contributed by atoms with Gasteiger partial charge in [-0.2, -0.15) is 0 Å². The Balaban J connectivity index is 1.71. The van der Waals surface area contributed by atoms with E-state index in [1.807, 2.05) is 7.11 Å². The zero-order valence-electron chi connectivity index (χ0n) is 9.80. The van der Waals surface area contributed by atoms with Crippen LogP contribution in [0.5, 0.6) is 0 Å². The lowest BCUT2D eigenvalue weighted by molar-refractivity contribution is 0.106. The van der Waals surface area contributed by atoms with Gasteiger partial charge in [-0.3, -0.25) is 0 Å². The van der Waals surface area contributed by atoms with E-state index in [4.69, 9.17) is 4.74 Å². The predicted octanol–water partition coefficient (Wildman–Crippen LogP) is 1.29. The van der Waals surface area contributed by atoms with Crippen LogP contribution >= 0.6 is 0 Å². The molecule has 3 nitrogen and oxygen atoms in total. The Kier molecular flexibility index (Phi) is 4.42. The second kappa shape index (κ2) is 5.83. The third kappa shape index (κ3) is 3.44. The zero-order chi connectivity index (χ0) is 10.5. The number of ether oxygens (including phenoxy) is 1. The van der Waals surface area contributed by atoms with E-state index in [0.717, 1.165) is 6.04 Å². The maximum Gasteiger partial charge on any atom is 0.0586 e. The molecule has 0 bridgehead atoms. The summed E-state index contributed by atoms with van der Waals surface area (Å²) in [4.78, 5) is 0. The van der Waals surface area contributed by atoms with Crippen LogP contribution in [0.4, 0.5) is 0 Å². The third-order valence-corrected chi connectivity index (χ3v) is 3.76. The van der Waals surface area contributed by atoms with Crippen LogP contribution in [0.3, 0.4) is 0 Å². The number of rotatable bonds is 3. The maximum atomic E-state index is 5.40. The van der Waals surface area contributed by atoms with E-state index >= 15 is 0 Å². The lowest BCUT2D eigenvalue weighted by atomic mass is 10.1. The van der Waals surface area contributed by atoms with Crippen molar-refractivity contribution in [3.63, 3.8) is 0 Å². The Morgan fingerprint density at radius 3 is 2.80 bits per heavy atom. The molecule has 0 aromatic heterocycles. The van der Waals surface area contributed by atoms with Gasteiger partial charge < -0.3 is 15.4 Å². The summed E-state index contributed by atoms with van der Waals surface area (Å²) in [5.41, 5.74) is 0. The van der Waals surface area contributed by atoms with E-state index in [-0.39, 0.29) is 0 Å². The van der Waals surface area contributed by atoms with Crippen molar-refractivity contribution in [3.8, 4) is 0 Å². The molecule has 0 aromatic rings. The van der Waals surface area contributed by atoms with Gasteiger partial charge in [0.1, 0.15) is 0 Å². The van der Waals surface area contributed by atoms with E-state index in [9.17, 15) is 0 Å². The first kappa shape index (κ1) is 11.4. The highest BCUT2D eigenvalue weighted by molar-refractivity contribution is 4.85. The Labute approximate surface area is 93.0 Å². The highest BCUT2D eigenvalue weighted by atomic mass is 16.5. The minimum atomic E-state index is 0.506. The lowest BCUT2D eigenvalue weighted by Crippen LogP contribution is -2.37. The molecule has 15 heavy (non-hydrogen) atoms. The molecule has 0 amide bonds. The van der Waals surface area contributed by atoms with Crippen molar-refractivity contribution in [1.29, 1.82) is 0 Å². The molecule has 0 spiro atoms. The molecule has 3 heteroatoms. The van der Waals surface area contributed by atoms with E-state index < -0.39 is 0 Å². The molecular weight excluding hydrogens is 188 g/mol. The summed E-state index contributed by atoms with van der Waals surface area (Å²) in [6.45, 7) is 2.38. The van der Waals surface area contributed by atoms with Gasteiger partial charge in [-0.05, 0) is 51.6 Å². The van der Waals surface area contributed by atoms with Crippen LogP contribution in [-0.2, 0) is 4.74 Å². The molecule has 2 aliphatic rings. The molecule has 1 aliphatic carbocycles. The van der Waals surface area contributed by atoms with Crippen LogP contribution in [0.25, 0.3) is 0 Å². The SMILES string of the molecule is COC1CCC(NC2CCCNCC2)C1. The van der Waals surface area contributed by atoms with Crippen molar-refractivity contribution in [2.75, 3.05) is 20.2 Å². The quantitative estimate of drug-likeness (QED) is 0.739. The maximum absolute atomic E-state index is 5.40. The minimum absolute atomic E-state index is 0.506. The number of hydrogen-bond donors (Lipinski definition) is 2. The van der Waals surface area contributed by atoms with Crippen molar-refractivity contribution < 1.29 is 4.74 Å². The molecule has 2 N–H and O–H groups in total. The van der Waals surface area contributed by atoms with Gasteiger partial charge in [-0.25, -0.2) is 0 Å². The summed E-state index contributed by atoms with van der Waals surface area (Å²) >= 11 is 0. The Bertz CT molecular complexity index is 178. The normalized spacial score (nSPS) is 37.8. The number of methoxy groups -OCH3 is 1. The first-order valence-electron chi connectivity index (χ1n) is 6.38. The fourth-order valence-electron chi connectivity index (χ4n) is 2.82. The summed E-state index contributed by atoms with van der Waals surface area (Å²) in [7, 11) is 1.84. The van der Waals surface area contributed by atoms with E-state index in [2.05, 4.69) is 10.6 Å². The largest absolute Gasteiger partial charge is 0.381 e. The van der Waals surface area contributed by atoms with Crippen LogP contribution in [-0.4, -0.2) is 38.4 Å². The predicted molar refractivity (Wildman–Crippen MR) is 62.1 cm³/mol. The smallest absolute Gasteiger partial charge is 0.0586 e. The molecule has 88 valence electrons. The molecule has 1 aliphatic heterocycles. The fraction of sp³-hybridized carbons (Fsp3) is 1.00.